The zero-order valence-electron chi connectivity index (χ0n) is 5.79. The molecule has 1 aromatic carbocycles. The van der Waals surface area contributed by atoms with Crippen molar-refractivity contribution < 1.29 is 8.78 Å². The van der Waals surface area contributed by atoms with Crippen LogP contribution in [0.15, 0.2) is 10.5 Å². The highest BCUT2D eigenvalue weighted by Crippen LogP contribution is 2.25. The van der Waals surface area contributed by atoms with Crippen LogP contribution in [0.2, 0.25) is 0 Å². The zero-order chi connectivity index (χ0) is 8.59. The zero-order valence-corrected chi connectivity index (χ0v) is 7.37. The molecule has 0 aromatic heterocycles. The summed E-state index contributed by atoms with van der Waals surface area (Å²) in [5.74, 6) is -1.43. The first kappa shape index (κ1) is 8.46. The van der Waals surface area contributed by atoms with Crippen molar-refractivity contribution in [1.82, 2.24) is 0 Å². The maximum Gasteiger partial charge on any atom is 0.163 e. The third-order valence-corrected chi connectivity index (χ3v) is 1.95. The molecule has 0 aliphatic heterocycles. The first-order valence-corrected chi connectivity index (χ1v) is 3.73. The summed E-state index contributed by atoms with van der Waals surface area (Å²) in [6.45, 7) is 1.52. The van der Waals surface area contributed by atoms with E-state index in [0.717, 1.165) is 0 Å². The summed E-state index contributed by atoms with van der Waals surface area (Å²) in [6.07, 6.45) is 0. The number of halogens is 3. The highest BCUT2D eigenvalue weighted by molar-refractivity contribution is 9.10. The van der Waals surface area contributed by atoms with Crippen LogP contribution in [0, 0.1) is 18.6 Å². The van der Waals surface area contributed by atoms with E-state index in [9.17, 15) is 8.78 Å². The van der Waals surface area contributed by atoms with Crippen molar-refractivity contribution in [2.75, 3.05) is 5.73 Å². The van der Waals surface area contributed by atoms with Crippen LogP contribution in [0.1, 0.15) is 5.56 Å². The topological polar surface area (TPSA) is 26.0 Å². The van der Waals surface area contributed by atoms with E-state index in [-0.39, 0.29) is 4.47 Å². The van der Waals surface area contributed by atoms with Crippen LogP contribution in [0.5, 0.6) is 0 Å². The predicted octanol–water partition coefficient (Wildman–Crippen LogP) is 2.62. The van der Waals surface area contributed by atoms with Crippen molar-refractivity contribution in [3.8, 4) is 0 Å². The highest BCUT2D eigenvalue weighted by Gasteiger charge is 2.11. The van der Waals surface area contributed by atoms with E-state index < -0.39 is 17.3 Å². The number of hydrogen-bond donors (Lipinski definition) is 1. The second-order valence-corrected chi connectivity index (χ2v) is 3.07. The Labute approximate surface area is 71.3 Å². The monoisotopic (exact) mass is 221 g/mol. The molecule has 1 aromatic rings. The molecule has 0 amide bonds. The molecule has 0 saturated heterocycles. The second-order valence-electron chi connectivity index (χ2n) is 2.22. The van der Waals surface area contributed by atoms with E-state index in [0.29, 0.717) is 5.56 Å². The molecule has 11 heavy (non-hydrogen) atoms. The van der Waals surface area contributed by atoms with Crippen LogP contribution < -0.4 is 5.73 Å². The summed E-state index contributed by atoms with van der Waals surface area (Å²) in [6, 6.07) is 1.35. The molecule has 1 nitrogen and oxygen atoms in total. The average Bonchev–Trinajstić information content (AvgIpc) is 1.97. The van der Waals surface area contributed by atoms with Gasteiger partial charge in [0.05, 0.1) is 4.47 Å². The fraction of sp³-hybridized carbons (Fsp3) is 0.143. The molecule has 0 saturated carbocycles. The number of nitrogen functional groups attached to an aromatic ring is 1. The summed E-state index contributed by atoms with van der Waals surface area (Å²) in [7, 11) is 0. The minimum Gasteiger partial charge on any atom is -0.394 e. The molecule has 0 aliphatic carbocycles. The Bertz CT molecular complexity index is 273. The van der Waals surface area contributed by atoms with Crippen LogP contribution in [-0.4, -0.2) is 0 Å². The number of nitrogens with two attached hydrogens (primary N) is 1. The average molecular weight is 222 g/mol. The third kappa shape index (κ3) is 1.35. The van der Waals surface area contributed by atoms with Crippen LogP contribution in [-0.2, 0) is 0 Å². The SMILES string of the molecule is Cc1cc(Br)c(F)c(N)c1F. The van der Waals surface area contributed by atoms with Crippen molar-refractivity contribution in [1.29, 1.82) is 0 Å². The molecule has 0 atom stereocenters. The fourth-order valence-electron chi connectivity index (χ4n) is 0.754. The lowest BCUT2D eigenvalue weighted by Gasteiger charge is -2.03. The van der Waals surface area contributed by atoms with Crippen molar-refractivity contribution in [2.24, 2.45) is 0 Å². The fourth-order valence-corrected chi connectivity index (χ4v) is 1.31. The standard InChI is InChI=1S/C7H6BrF2N/c1-3-2-4(8)6(10)7(11)5(3)9/h2H,11H2,1H3. The number of aryl methyl sites for hydroxylation is 1. The third-order valence-electron chi connectivity index (χ3n) is 1.37. The lowest BCUT2D eigenvalue weighted by atomic mass is 10.2. The molecule has 4 heteroatoms. The quantitative estimate of drug-likeness (QED) is 0.529. The number of rotatable bonds is 0. The molecular formula is C7H6BrF2N. The molecule has 0 heterocycles. The van der Waals surface area contributed by atoms with Gasteiger partial charge in [-0.3, -0.25) is 0 Å². The van der Waals surface area contributed by atoms with Crippen molar-refractivity contribution in [2.45, 2.75) is 6.92 Å². The summed E-state index contributed by atoms with van der Waals surface area (Å²) in [5.41, 5.74) is 5.00. The Hall–Kier alpha value is -0.640. The van der Waals surface area contributed by atoms with Crippen molar-refractivity contribution in [3.05, 3.63) is 27.7 Å². The van der Waals surface area contributed by atoms with Gasteiger partial charge < -0.3 is 5.73 Å². The van der Waals surface area contributed by atoms with Gasteiger partial charge >= 0.3 is 0 Å². The minimum atomic E-state index is -0.742. The maximum absolute atomic E-state index is 12.8. The largest absolute Gasteiger partial charge is 0.394 e. The summed E-state index contributed by atoms with van der Waals surface area (Å²) in [4.78, 5) is 0. The smallest absolute Gasteiger partial charge is 0.163 e. The Morgan fingerprint density at radius 1 is 1.36 bits per heavy atom. The molecule has 0 bridgehead atoms. The maximum atomic E-state index is 12.8. The van der Waals surface area contributed by atoms with Gasteiger partial charge in [-0.2, -0.15) is 0 Å². The Morgan fingerprint density at radius 3 is 2.45 bits per heavy atom. The van der Waals surface area contributed by atoms with E-state index in [1.54, 1.807) is 0 Å². The van der Waals surface area contributed by atoms with Gasteiger partial charge in [0, 0.05) is 0 Å². The van der Waals surface area contributed by atoms with Crippen LogP contribution in [0.25, 0.3) is 0 Å². The van der Waals surface area contributed by atoms with E-state index in [4.69, 9.17) is 5.73 Å². The van der Waals surface area contributed by atoms with E-state index in [1.165, 1.54) is 13.0 Å². The highest BCUT2D eigenvalue weighted by atomic mass is 79.9. The molecule has 60 valence electrons. The van der Waals surface area contributed by atoms with Crippen LogP contribution >= 0.6 is 15.9 Å². The first-order valence-electron chi connectivity index (χ1n) is 2.93. The normalized spacial score (nSPS) is 10.2. The number of benzene rings is 1. The van der Waals surface area contributed by atoms with Crippen LogP contribution in [0.4, 0.5) is 14.5 Å². The number of anilines is 1. The van der Waals surface area contributed by atoms with Gasteiger partial charge in [0.25, 0.3) is 0 Å². The summed E-state index contributed by atoms with van der Waals surface area (Å²) >= 11 is 2.91. The van der Waals surface area contributed by atoms with E-state index in [1.807, 2.05) is 0 Å². The molecule has 2 N–H and O–H groups in total. The van der Waals surface area contributed by atoms with Gasteiger partial charge in [0.2, 0.25) is 0 Å². The van der Waals surface area contributed by atoms with Crippen LogP contribution in [0.3, 0.4) is 0 Å². The molecule has 0 unspecified atom stereocenters. The predicted molar refractivity (Wildman–Crippen MR) is 43.2 cm³/mol. The first-order chi connectivity index (χ1) is 5.04. The molecule has 0 fully saturated rings. The van der Waals surface area contributed by atoms with Gasteiger partial charge in [-0.25, -0.2) is 8.78 Å². The molecule has 1 rings (SSSR count). The molecular weight excluding hydrogens is 216 g/mol. The van der Waals surface area contributed by atoms with Gasteiger partial charge in [-0.15, -0.1) is 0 Å². The Morgan fingerprint density at radius 2 is 1.91 bits per heavy atom. The Balaban J connectivity index is 3.46. The molecule has 0 aliphatic rings. The lowest BCUT2D eigenvalue weighted by Crippen LogP contribution is -1.98. The lowest BCUT2D eigenvalue weighted by molar-refractivity contribution is 0.582. The van der Waals surface area contributed by atoms with E-state index in [2.05, 4.69) is 15.9 Å². The van der Waals surface area contributed by atoms with Gasteiger partial charge in [-0.05, 0) is 34.5 Å². The van der Waals surface area contributed by atoms with Crippen molar-refractivity contribution >= 4 is 21.6 Å². The van der Waals surface area contributed by atoms with Gasteiger partial charge in [0.1, 0.15) is 5.69 Å². The number of hydrogen-bond acceptors (Lipinski definition) is 1. The molecule has 0 spiro atoms. The van der Waals surface area contributed by atoms with Crippen molar-refractivity contribution in [3.63, 3.8) is 0 Å². The minimum absolute atomic E-state index is 0.189. The van der Waals surface area contributed by atoms with Gasteiger partial charge in [0.15, 0.2) is 11.6 Å². The van der Waals surface area contributed by atoms with E-state index >= 15 is 0 Å². The summed E-state index contributed by atoms with van der Waals surface area (Å²) in [5, 5.41) is 0. The Kier molecular flexibility index (Phi) is 2.13. The second kappa shape index (κ2) is 2.77. The van der Waals surface area contributed by atoms with Gasteiger partial charge in [-0.1, -0.05) is 0 Å². The molecule has 0 radical (unpaired) electrons. The summed E-state index contributed by atoms with van der Waals surface area (Å²) < 4.78 is 25.7.